The molecule has 0 atom stereocenters. The van der Waals surface area contributed by atoms with Crippen molar-refractivity contribution in [2.24, 2.45) is 0 Å². The van der Waals surface area contributed by atoms with Gasteiger partial charge in [0.05, 0.1) is 22.4 Å². The minimum Gasteiger partial charge on any atom is -0.265 e. The van der Waals surface area contributed by atoms with Crippen LogP contribution in [0.15, 0.2) is 194 Å². The van der Waals surface area contributed by atoms with Gasteiger partial charge >= 0.3 is 0 Å². The van der Waals surface area contributed by atoms with Crippen LogP contribution in [-0.2, 0) is 0 Å². The second-order valence-corrected chi connectivity index (χ2v) is 13.6. The summed E-state index contributed by atoms with van der Waals surface area (Å²) in [7, 11) is 0. The summed E-state index contributed by atoms with van der Waals surface area (Å²) in [6.07, 6.45) is 3.51. The van der Waals surface area contributed by atoms with E-state index in [1.165, 1.54) is 0 Å². The van der Waals surface area contributed by atoms with Crippen molar-refractivity contribution in [3.05, 3.63) is 194 Å². The van der Waals surface area contributed by atoms with E-state index in [1.807, 2.05) is 66.7 Å². The molecule has 0 amide bonds. The number of pyridine rings is 3. The number of aromatic nitrogens is 6. The Morgan fingerprint density at radius 1 is 0.286 bits per heavy atom. The Bertz CT molecular complexity index is 2950. The molecule has 262 valence electrons. The molecule has 0 bridgehead atoms. The molecule has 4 aromatic heterocycles. The van der Waals surface area contributed by atoms with E-state index in [4.69, 9.17) is 24.9 Å². The first kappa shape index (κ1) is 32.9. The van der Waals surface area contributed by atoms with Gasteiger partial charge in [0.2, 0.25) is 0 Å². The molecular formula is C50H32N6. The van der Waals surface area contributed by atoms with E-state index in [0.29, 0.717) is 17.5 Å². The van der Waals surface area contributed by atoms with E-state index in [2.05, 4.69) is 120 Å². The average Bonchev–Trinajstić information content (AvgIpc) is 3.29. The van der Waals surface area contributed by atoms with Crippen molar-refractivity contribution in [3.8, 4) is 78.9 Å². The van der Waals surface area contributed by atoms with Crippen molar-refractivity contribution in [1.82, 2.24) is 29.9 Å². The van der Waals surface area contributed by atoms with Gasteiger partial charge in [-0.25, -0.2) is 24.9 Å². The van der Waals surface area contributed by atoms with Crippen LogP contribution in [0.4, 0.5) is 0 Å². The minimum absolute atomic E-state index is 0.598. The molecule has 0 aliphatic rings. The van der Waals surface area contributed by atoms with E-state index < -0.39 is 0 Å². The second-order valence-electron chi connectivity index (χ2n) is 13.6. The van der Waals surface area contributed by atoms with E-state index in [0.717, 1.165) is 83.3 Å². The molecule has 0 fully saturated rings. The number of hydrogen-bond acceptors (Lipinski definition) is 6. The van der Waals surface area contributed by atoms with E-state index >= 15 is 0 Å². The molecule has 6 nitrogen and oxygen atoms in total. The Hall–Kier alpha value is -7.70. The summed E-state index contributed by atoms with van der Waals surface area (Å²) in [6, 6.07) is 62.4. The van der Waals surface area contributed by atoms with Gasteiger partial charge in [-0.05, 0) is 58.7 Å². The van der Waals surface area contributed by atoms with Crippen LogP contribution in [0, 0.1) is 0 Å². The first-order chi connectivity index (χ1) is 27.7. The lowest BCUT2D eigenvalue weighted by molar-refractivity contribution is 1.07. The third-order valence-corrected chi connectivity index (χ3v) is 10.0. The van der Waals surface area contributed by atoms with Crippen LogP contribution < -0.4 is 0 Å². The van der Waals surface area contributed by atoms with Crippen molar-refractivity contribution < 1.29 is 0 Å². The molecule has 0 aliphatic carbocycles. The van der Waals surface area contributed by atoms with Crippen LogP contribution in [0.5, 0.6) is 0 Å². The van der Waals surface area contributed by atoms with Crippen LogP contribution in [0.2, 0.25) is 0 Å². The highest BCUT2D eigenvalue weighted by Crippen LogP contribution is 2.38. The van der Waals surface area contributed by atoms with Gasteiger partial charge in [-0.15, -0.1) is 0 Å². The Morgan fingerprint density at radius 2 is 0.768 bits per heavy atom. The lowest BCUT2D eigenvalue weighted by Gasteiger charge is -2.14. The molecule has 0 saturated carbocycles. The van der Waals surface area contributed by atoms with Gasteiger partial charge in [0.15, 0.2) is 17.5 Å². The quantitative estimate of drug-likeness (QED) is 0.153. The number of fused-ring (bicyclic) bond motifs is 3. The first-order valence-electron chi connectivity index (χ1n) is 18.5. The highest BCUT2D eigenvalue weighted by Gasteiger charge is 2.16. The Kier molecular flexibility index (Phi) is 8.39. The van der Waals surface area contributed by atoms with Gasteiger partial charge < -0.3 is 0 Å². The summed E-state index contributed by atoms with van der Waals surface area (Å²) in [4.78, 5) is 29.5. The maximum absolute atomic E-state index is 5.29. The van der Waals surface area contributed by atoms with Crippen LogP contribution in [-0.4, -0.2) is 29.9 Å². The molecule has 6 heteroatoms. The highest BCUT2D eigenvalue weighted by atomic mass is 15.0. The van der Waals surface area contributed by atoms with Crippen molar-refractivity contribution in [3.63, 3.8) is 0 Å². The first-order valence-corrected chi connectivity index (χ1v) is 18.5. The maximum Gasteiger partial charge on any atom is 0.164 e. The summed E-state index contributed by atoms with van der Waals surface area (Å²) in [5.74, 6) is 1.82. The molecule has 10 rings (SSSR count). The van der Waals surface area contributed by atoms with Gasteiger partial charge in [0.25, 0.3) is 0 Å². The molecule has 56 heavy (non-hydrogen) atoms. The summed E-state index contributed by atoms with van der Waals surface area (Å²) < 4.78 is 0. The Labute approximate surface area is 324 Å². The SMILES string of the molecule is c1ccc(-c2ccc3ccc4c(-c5cccc(-c6cccc(-c7nc(-c8ccccc8)nc(-c8ccncc8)n7)c6)c5)cc(-c5ccccc5)nc4c3n2)cc1. The molecular weight excluding hydrogens is 685 g/mol. The fraction of sp³-hybridized carbons (Fsp3) is 0. The Balaban J connectivity index is 1.11. The van der Waals surface area contributed by atoms with E-state index in [1.54, 1.807) is 12.4 Å². The number of nitrogens with zero attached hydrogens (tertiary/aromatic N) is 6. The lowest BCUT2D eigenvalue weighted by Crippen LogP contribution is -2.00. The van der Waals surface area contributed by atoms with Crippen LogP contribution >= 0.6 is 0 Å². The summed E-state index contributed by atoms with van der Waals surface area (Å²) >= 11 is 0. The van der Waals surface area contributed by atoms with Crippen molar-refractivity contribution in [2.45, 2.75) is 0 Å². The van der Waals surface area contributed by atoms with E-state index in [9.17, 15) is 0 Å². The fourth-order valence-electron chi connectivity index (χ4n) is 7.19. The Morgan fingerprint density at radius 3 is 1.43 bits per heavy atom. The number of rotatable bonds is 7. The van der Waals surface area contributed by atoms with Gasteiger partial charge in [0, 0.05) is 51.0 Å². The van der Waals surface area contributed by atoms with Crippen LogP contribution in [0.3, 0.4) is 0 Å². The predicted octanol–water partition coefficient (Wildman–Crippen LogP) is 12.0. The third-order valence-electron chi connectivity index (χ3n) is 10.0. The molecule has 0 N–H and O–H groups in total. The fourth-order valence-corrected chi connectivity index (χ4v) is 7.19. The summed E-state index contributed by atoms with van der Waals surface area (Å²) in [6.45, 7) is 0. The average molecular weight is 717 g/mol. The highest BCUT2D eigenvalue weighted by molar-refractivity contribution is 6.10. The largest absolute Gasteiger partial charge is 0.265 e. The molecule has 6 aromatic carbocycles. The normalized spacial score (nSPS) is 11.2. The zero-order valence-electron chi connectivity index (χ0n) is 30.2. The maximum atomic E-state index is 5.29. The van der Waals surface area contributed by atoms with Crippen molar-refractivity contribution in [1.29, 1.82) is 0 Å². The second kappa shape index (κ2) is 14.3. The lowest BCUT2D eigenvalue weighted by atomic mass is 9.94. The van der Waals surface area contributed by atoms with Crippen LogP contribution in [0.1, 0.15) is 0 Å². The molecule has 4 heterocycles. The zero-order chi connectivity index (χ0) is 37.3. The molecule has 0 saturated heterocycles. The third kappa shape index (κ3) is 6.35. The van der Waals surface area contributed by atoms with Gasteiger partial charge in [-0.2, -0.15) is 0 Å². The molecule has 0 radical (unpaired) electrons. The molecule has 0 spiro atoms. The van der Waals surface area contributed by atoms with Gasteiger partial charge in [-0.1, -0.05) is 146 Å². The van der Waals surface area contributed by atoms with Crippen LogP contribution in [0.25, 0.3) is 101 Å². The van der Waals surface area contributed by atoms with Crippen molar-refractivity contribution >= 4 is 21.8 Å². The predicted molar refractivity (Wildman–Crippen MR) is 226 cm³/mol. The minimum atomic E-state index is 0.598. The smallest absolute Gasteiger partial charge is 0.164 e. The zero-order valence-corrected chi connectivity index (χ0v) is 30.2. The van der Waals surface area contributed by atoms with E-state index in [-0.39, 0.29) is 0 Å². The molecule has 10 aromatic rings. The standard InChI is InChI=1S/C50H32N6/c1-4-12-33(13-5-1)44-25-23-35-22-24-42-43(32-45(34-14-6-2-7-15-34)53-47(42)46(35)52-44)40-20-10-18-38(30-40)39-19-11-21-41(31-39)50-55-48(36-16-8-3-9-17-36)54-49(56-50)37-26-28-51-29-27-37/h1-32H. The van der Waals surface area contributed by atoms with Crippen molar-refractivity contribution in [2.75, 3.05) is 0 Å². The number of hydrogen-bond donors (Lipinski definition) is 0. The topological polar surface area (TPSA) is 77.3 Å². The monoisotopic (exact) mass is 716 g/mol. The summed E-state index contributed by atoms with van der Waals surface area (Å²) in [5.41, 5.74) is 12.7. The van der Waals surface area contributed by atoms with Gasteiger partial charge in [0.1, 0.15) is 0 Å². The van der Waals surface area contributed by atoms with Gasteiger partial charge in [-0.3, -0.25) is 4.98 Å². The molecule has 0 unspecified atom stereocenters. The number of benzene rings is 6. The molecule has 0 aliphatic heterocycles. The summed E-state index contributed by atoms with van der Waals surface area (Å²) in [5, 5.41) is 2.09.